The molecule has 0 heterocycles. The summed E-state index contributed by atoms with van der Waals surface area (Å²) in [6, 6.07) is 10.1. The van der Waals surface area contributed by atoms with Crippen LogP contribution in [0.5, 0.6) is 0 Å². The molecule has 20 heavy (non-hydrogen) atoms. The summed E-state index contributed by atoms with van der Waals surface area (Å²) in [7, 11) is 0. The van der Waals surface area contributed by atoms with Gasteiger partial charge in [-0.1, -0.05) is 48.6 Å². The van der Waals surface area contributed by atoms with Crippen LogP contribution < -0.4 is 5.32 Å². The van der Waals surface area contributed by atoms with Gasteiger partial charge in [0.05, 0.1) is 5.54 Å². The summed E-state index contributed by atoms with van der Waals surface area (Å²) in [5.41, 5.74) is 1.82. The van der Waals surface area contributed by atoms with Crippen LogP contribution in [-0.2, 0) is 4.79 Å². The van der Waals surface area contributed by atoms with Gasteiger partial charge in [-0.2, -0.15) is 0 Å². The average molecular weight is 271 g/mol. The van der Waals surface area contributed by atoms with Crippen LogP contribution in [0.2, 0.25) is 0 Å². The Morgan fingerprint density at radius 1 is 1.35 bits per heavy atom. The highest BCUT2D eigenvalue weighted by atomic mass is 16.3. The van der Waals surface area contributed by atoms with Gasteiger partial charge in [-0.25, -0.2) is 0 Å². The number of aliphatic hydroxyl groups is 1. The summed E-state index contributed by atoms with van der Waals surface area (Å²) in [6.45, 7) is 1.68. The Bertz CT molecular complexity index is 519. The van der Waals surface area contributed by atoms with E-state index in [4.69, 9.17) is 5.11 Å². The Kier molecular flexibility index (Phi) is 4.74. The van der Waals surface area contributed by atoms with Gasteiger partial charge < -0.3 is 10.4 Å². The molecule has 2 rings (SSSR count). The van der Waals surface area contributed by atoms with Crippen molar-refractivity contribution >= 4 is 11.5 Å². The van der Waals surface area contributed by atoms with Crippen molar-refractivity contribution in [2.24, 2.45) is 0 Å². The number of allylic oxidation sites excluding steroid dienone is 2. The number of amides is 1. The molecule has 0 fully saturated rings. The molecule has 0 saturated carbocycles. The molecule has 1 aliphatic rings. The van der Waals surface area contributed by atoms with Crippen molar-refractivity contribution in [3.8, 4) is 0 Å². The molecular weight excluding hydrogens is 250 g/mol. The van der Waals surface area contributed by atoms with Gasteiger partial charge in [0.15, 0.2) is 0 Å². The van der Waals surface area contributed by atoms with Crippen molar-refractivity contribution in [3.63, 3.8) is 0 Å². The molecule has 1 aliphatic carbocycles. The third kappa shape index (κ3) is 3.17. The quantitative estimate of drug-likeness (QED) is 0.865. The molecule has 2 N–H and O–H groups in total. The van der Waals surface area contributed by atoms with Crippen LogP contribution in [0.15, 0.2) is 48.6 Å². The molecule has 106 valence electrons. The molecule has 0 aliphatic heterocycles. The monoisotopic (exact) mass is 271 g/mol. The van der Waals surface area contributed by atoms with Crippen molar-refractivity contribution < 1.29 is 9.90 Å². The zero-order valence-electron chi connectivity index (χ0n) is 11.8. The zero-order valence-corrected chi connectivity index (χ0v) is 11.8. The van der Waals surface area contributed by atoms with E-state index < -0.39 is 5.54 Å². The van der Waals surface area contributed by atoms with E-state index in [0.29, 0.717) is 6.42 Å². The van der Waals surface area contributed by atoms with Crippen LogP contribution in [-0.4, -0.2) is 23.2 Å². The van der Waals surface area contributed by atoms with Gasteiger partial charge in [0.25, 0.3) is 0 Å². The summed E-state index contributed by atoms with van der Waals surface area (Å²) >= 11 is 0. The Morgan fingerprint density at radius 3 is 2.75 bits per heavy atom. The third-order valence-corrected chi connectivity index (χ3v) is 3.64. The van der Waals surface area contributed by atoms with E-state index in [0.717, 1.165) is 24.0 Å². The highest BCUT2D eigenvalue weighted by molar-refractivity contribution is 5.83. The fourth-order valence-electron chi connectivity index (χ4n) is 2.83. The number of hydrogen-bond acceptors (Lipinski definition) is 2. The second-order valence-corrected chi connectivity index (χ2v) is 5.17. The number of hydrogen-bond donors (Lipinski definition) is 2. The Balaban J connectivity index is 2.39. The molecule has 0 bridgehead atoms. The van der Waals surface area contributed by atoms with Gasteiger partial charge in [-0.15, -0.1) is 0 Å². The first-order chi connectivity index (χ1) is 9.68. The highest BCUT2D eigenvalue weighted by Crippen LogP contribution is 2.37. The van der Waals surface area contributed by atoms with Crippen LogP contribution in [0.3, 0.4) is 0 Å². The van der Waals surface area contributed by atoms with Crippen molar-refractivity contribution in [3.05, 3.63) is 54.1 Å². The molecule has 0 radical (unpaired) electrons. The highest BCUT2D eigenvalue weighted by Gasteiger charge is 2.35. The topological polar surface area (TPSA) is 49.3 Å². The third-order valence-electron chi connectivity index (χ3n) is 3.64. The van der Waals surface area contributed by atoms with Gasteiger partial charge in [0.1, 0.15) is 0 Å². The van der Waals surface area contributed by atoms with Crippen molar-refractivity contribution in [1.82, 2.24) is 5.32 Å². The number of carbonyl (C=O) groups is 1. The minimum absolute atomic E-state index is 0.0416. The van der Waals surface area contributed by atoms with Crippen molar-refractivity contribution in [1.29, 1.82) is 0 Å². The molecular formula is C17H21NO2. The molecule has 0 saturated heterocycles. The summed E-state index contributed by atoms with van der Waals surface area (Å²) in [4.78, 5) is 11.6. The minimum Gasteiger partial charge on any atom is -0.396 e. The second-order valence-electron chi connectivity index (χ2n) is 5.17. The first-order valence-corrected chi connectivity index (χ1v) is 7.00. The van der Waals surface area contributed by atoms with Crippen LogP contribution in [0.4, 0.5) is 0 Å². The van der Waals surface area contributed by atoms with Crippen LogP contribution in [0.1, 0.15) is 31.7 Å². The molecule has 0 spiro atoms. The second kappa shape index (κ2) is 6.53. The first kappa shape index (κ1) is 14.5. The van der Waals surface area contributed by atoms with Crippen LogP contribution in [0.25, 0.3) is 5.57 Å². The smallest absolute Gasteiger partial charge is 0.217 e. The van der Waals surface area contributed by atoms with E-state index in [1.807, 2.05) is 24.3 Å². The molecule has 0 aromatic heterocycles. The molecule has 1 amide bonds. The lowest BCUT2D eigenvalue weighted by atomic mass is 9.76. The fourth-order valence-corrected chi connectivity index (χ4v) is 2.83. The minimum atomic E-state index is -0.412. The van der Waals surface area contributed by atoms with Gasteiger partial charge >= 0.3 is 0 Å². The first-order valence-electron chi connectivity index (χ1n) is 7.00. The average Bonchev–Trinajstić information content (AvgIpc) is 2.46. The number of carbonyl (C=O) groups excluding carboxylic acids is 1. The summed E-state index contributed by atoms with van der Waals surface area (Å²) in [5.74, 6) is -0.0416. The Hall–Kier alpha value is -1.87. The van der Waals surface area contributed by atoms with Gasteiger partial charge in [-0.3, -0.25) is 4.79 Å². The summed E-state index contributed by atoms with van der Waals surface area (Å²) in [5, 5.41) is 12.3. The molecule has 1 atom stereocenters. The maximum atomic E-state index is 11.6. The fraction of sp³-hybridized carbons (Fsp3) is 0.353. The van der Waals surface area contributed by atoms with Crippen molar-refractivity contribution in [2.75, 3.05) is 6.61 Å². The van der Waals surface area contributed by atoms with Crippen LogP contribution >= 0.6 is 0 Å². The lowest BCUT2D eigenvalue weighted by Gasteiger charge is -2.38. The molecule has 1 aromatic carbocycles. The van der Waals surface area contributed by atoms with Crippen LogP contribution in [0, 0.1) is 0 Å². The molecule has 0 unspecified atom stereocenters. The largest absolute Gasteiger partial charge is 0.396 e. The maximum absolute atomic E-state index is 11.6. The van der Waals surface area contributed by atoms with Crippen molar-refractivity contribution in [2.45, 2.75) is 31.7 Å². The number of benzene rings is 1. The Morgan fingerprint density at radius 2 is 2.10 bits per heavy atom. The summed E-state index contributed by atoms with van der Waals surface area (Å²) in [6.07, 6.45) is 8.31. The molecule has 1 aromatic rings. The zero-order chi connectivity index (χ0) is 14.4. The van der Waals surface area contributed by atoms with E-state index in [-0.39, 0.29) is 12.5 Å². The SMILES string of the molecule is CC(=O)N[C@]1(CCCO)CC=CC=C1c1ccccc1. The number of aliphatic hydroxyl groups excluding tert-OH is 1. The predicted molar refractivity (Wildman–Crippen MR) is 81.0 cm³/mol. The predicted octanol–water partition coefficient (Wildman–Crippen LogP) is 2.68. The van der Waals surface area contributed by atoms with Gasteiger partial charge in [-0.05, 0) is 30.4 Å². The van der Waals surface area contributed by atoms with E-state index in [2.05, 4.69) is 29.6 Å². The normalized spacial score (nSPS) is 21.4. The van der Waals surface area contributed by atoms with Gasteiger partial charge in [0, 0.05) is 13.5 Å². The Labute approximate surface area is 120 Å². The number of rotatable bonds is 5. The van der Waals surface area contributed by atoms with E-state index >= 15 is 0 Å². The standard InChI is InChI=1S/C17H21NO2/c1-14(20)18-17(12-7-13-19)11-6-5-10-16(17)15-8-3-2-4-9-15/h2-6,8-10,19H,7,11-13H2,1H3,(H,18,20)/t17-/m0/s1. The number of nitrogens with one attached hydrogen (secondary N) is 1. The van der Waals surface area contributed by atoms with E-state index in [1.165, 1.54) is 0 Å². The molecule has 3 nitrogen and oxygen atoms in total. The molecule has 3 heteroatoms. The van der Waals surface area contributed by atoms with E-state index in [1.54, 1.807) is 6.92 Å². The van der Waals surface area contributed by atoms with E-state index in [9.17, 15) is 4.79 Å². The summed E-state index contributed by atoms with van der Waals surface area (Å²) < 4.78 is 0. The lowest BCUT2D eigenvalue weighted by Crippen LogP contribution is -2.49. The maximum Gasteiger partial charge on any atom is 0.217 e. The van der Waals surface area contributed by atoms with Gasteiger partial charge in [0.2, 0.25) is 5.91 Å². The lowest BCUT2D eigenvalue weighted by molar-refractivity contribution is -0.120.